The van der Waals surface area contributed by atoms with Crippen molar-refractivity contribution in [2.45, 2.75) is 0 Å². The van der Waals surface area contributed by atoms with Gasteiger partial charge in [-0.1, -0.05) is 12.1 Å². The Balaban J connectivity index is 1.87. The first-order valence-electron chi connectivity index (χ1n) is 6.48. The molecule has 0 aliphatic carbocycles. The van der Waals surface area contributed by atoms with E-state index in [1.807, 2.05) is 0 Å². The fourth-order valence-electron chi connectivity index (χ4n) is 2.06. The van der Waals surface area contributed by atoms with Gasteiger partial charge in [0.15, 0.2) is 0 Å². The lowest BCUT2D eigenvalue weighted by atomic mass is 10.2. The van der Waals surface area contributed by atoms with Crippen LogP contribution in [0.15, 0.2) is 24.3 Å². The first-order chi connectivity index (χ1) is 9.18. The molecule has 104 valence electrons. The number of carbonyl (C=O) groups is 1. The van der Waals surface area contributed by atoms with Crippen molar-refractivity contribution < 1.29 is 13.9 Å². The molecular formula is C14H19FN2O2. The molecular weight excluding hydrogens is 247 g/mol. The largest absolute Gasteiger partial charge is 0.379 e. The molecule has 2 rings (SSSR count). The minimum absolute atomic E-state index is 0.131. The highest BCUT2D eigenvalue weighted by atomic mass is 19.1. The lowest BCUT2D eigenvalue weighted by Crippen LogP contribution is -2.42. The monoisotopic (exact) mass is 266 g/mol. The van der Waals surface area contributed by atoms with Gasteiger partial charge in [0.1, 0.15) is 5.82 Å². The zero-order valence-corrected chi connectivity index (χ0v) is 11.1. The summed E-state index contributed by atoms with van der Waals surface area (Å²) in [5.41, 5.74) is 0.131. The van der Waals surface area contributed by atoms with Crippen LogP contribution in [0.4, 0.5) is 4.39 Å². The van der Waals surface area contributed by atoms with E-state index in [2.05, 4.69) is 4.90 Å². The van der Waals surface area contributed by atoms with Crippen LogP contribution in [0.2, 0.25) is 0 Å². The van der Waals surface area contributed by atoms with Gasteiger partial charge in [0.25, 0.3) is 5.91 Å². The van der Waals surface area contributed by atoms with E-state index in [9.17, 15) is 9.18 Å². The maximum absolute atomic E-state index is 13.5. The van der Waals surface area contributed by atoms with Gasteiger partial charge in [-0.2, -0.15) is 0 Å². The van der Waals surface area contributed by atoms with Crippen LogP contribution in [-0.2, 0) is 4.74 Å². The van der Waals surface area contributed by atoms with E-state index in [0.717, 1.165) is 32.8 Å². The standard InChI is InChI=1S/C14H19FN2O2/c1-16(6-7-17-8-10-19-11-9-17)14(18)12-4-2-3-5-13(12)15/h2-5H,6-11H2,1H3. The van der Waals surface area contributed by atoms with Gasteiger partial charge in [-0.3, -0.25) is 9.69 Å². The van der Waals surface area contributed by atoms with Crippen molar-refractivity contribution >= 4 is 5.91 Å². The second-order valence-electron chi connectivity index (χ2n) is 4.66. The lowest BCUT2D eigenvalue weighted by molar-refractivity contribution is 0.0338. The van der Waals surface area contributed by atoms with Crippen LogP contribution in [0.3, 0.4) is 0 Å². The topological polar surface area (TPSA) is 32.8 Å². The second kappa shape index (κ2) is 6.63. The lowest BCUT2D eigenvalue weighted by Gasteiger charge is -2.28. The number of likely N-dealkylation sites (N-methyl/N-ethyl adjacent to an activating group) is 1. The molecule has 1 aliphatic rings. The number of rotatable bonds is 4. The highest BCUT2D eigenvalue weighted by Gasteiger charge is 2.17. The van der Waals surface area contributed by atoms with Crippen LogP contribution >= 0.6 is 0 Å². The smallest absolute Gasteiger partial charge is 0.256 e. The molecule has 0 spiro atoms. The molecule has 1 fully saturated rings. The summed E-state index contributed by atoms with van der Waals surface area (Å²) >= 11 is 0. The maximum Gasteiger partial charge on any atom is 0.256 e. The van der Waals surface area contributed by atoms with Gasteiger partial charge in [0.2, 0.25) is 0 Å². The number of hydrogen-bond donors (Lipinski definition) is 0. The molecule has 19 heavy (non-hydrogen) atoms. The van der Waals surface area contributed by atoms with Crippen LogP contribution < -0.4 is 0 Å². The van der Waals surface area contributed by atoms with E-state index in [1.165, 1.54) is 12.1 Å². The molecule has 1 heterocycles. The summed E-state index contributed by atoms with van der Waals surface area (Å²) in [7, 11) is 1.70. The van der Waals surface area contributed by atoms with Crippen molar-refractivity contribution in [1.82, 2.24) is 9.80 Å². The summed E-state index contributed by atoms with van der Waals surface area (Å²) in [6, 6.07) is 6.08. The molecule has 4 nitrogen and oxygen atoms in total. The number of carbonyl (C=O) groups excluding carboxylic acids is 1. The van der Waals surface area contributed by atoms with Gasteiger partial charge < -0.3 is 9.64 Å². The van der Waals surface area contributed by atoms with Crippen LogP contribution in [0.25, 0.3) is 0 Å². The first-order valence-corrected chi connectivity index (χ1v) is 6.48. The molecule has 5 heteroatoms. The number of nitrogens with zero attached hydrogens (tertiary/aromatic N) is 2. The van der Waals surface area contributed by atoms with Crippen LogP contribution in [0.1, 0.15) is 10.4 Å². The summed E-state index contributed by atoms with van der Waals surface area (Å²) in [6.45, 7) is 4.65. The normalized spacial score (nSPS) is 16.3. The fourth-order valence-corrected chi connectivity index (χ4v) is 2.06. The first kappa shape index (κ1) is 14.0. The van der Waals surface area contributed by atoms with E-state index in [1.54, 1.807) is 24.1 Å². The van der Waals surface area contributed by atoms with Gasteiger partial charge >= 0.3 is 0 Å². The maximum atomic E-state index is 13.5. The Kier molecular flexibility index (Phi) is 4.87. The zero-order chi connectivity index (χ0) is 13.7. The van der Waals surface area contributed by atoms with Gasteiger partial charge in [-0.25, -0.2) is 4.39 Å². The van der Waals surface area contributed by atoms with Gasteiger partial charge in [-0.15, -0.1) is 0 Å². The Bertz CT molecular complexity index is 433. The molecule has 0 unspecified atom stereocenters. The molecule has 1 aliphatic heterocycles. The molecule has 1 aromatic carbocycles. The Morgan fingerprint density at radius 2 is 2.05 bits per heavy atom. The van der Waals surface area contributed by atoms with E-state index in [4.69, 9.17) is 4.74 Å². The zero-order valence-electron chi connectivity index (χ0n) is 11.1. The summed E-state index contributed by atoms with van der Waals surface area (Å²) in [5.74, 6) is -0.739. The molecule has 0 atom stereocenters. The Morgan fingerprint density at radius 1 is 1.37 bits per heavy atom. The van der Waals surface area contributed by atoms with Gasteiger partial charge in [0, 0.05) is 33.2 Å². The second-order valence-corrected chi connectivity index (χ2v) is 4.66. The summed E-state index contributed by atoms with van der Waals surface area (Å²) in [6.07, 6.45) is 0. The third-order valence-corrected chi connectivity index (χ3v) is 3.31. The van der Waals surface area contributed by atoms with E-state index >= 15 is 0 Å². The van der Waals surface area contributed by atoms with Crippen molar-refractivity contribution in [2.75, 3.05) is 46.4 Å². The highest BCUT2D eigenvalue weighted by Crippen LogP contribution is 2.09. The average molecular weight is 266 g/mol. The molecule has 1 saturated heterocycles. The van der Waals surface area contributed by atoms with Crippen molar-refractivity contribution in [3.63, 3.8) is 0 Å². The number of benzene rings is 1. The van der Waals surface area contributed by atoms with Gasteiger partial charge in [-0.05, 0) is 12.1 Å². The third-order valence-electron chi connectivity index (χ3n) is 3.31. The Labute approximate surface area is 112 Å². The summed E-state index contributed by atoms with van der Waals surface area (Å²) in [5, 5.41) is 0. The third kappa shape index (κ3) is 3.75. The van der Waals surface area contributed by atoms with E-state index < -0.39 is 5.82 Å². The van der Waals surface area contributed by atoms with Crippen molar-refractivity contribution in [3.05, 3.63) is 35.6 Å². The molecule has 0 radical (unpaired) electrons. The average Bonchev–Trinajstić information content (AvgIpc) is 2.45. The van der Waals surface area contributed by atoms with Crippen LogP contribution in [0.5, 0.6) is 0 Å². The molecule has 0 saturated carbocycles. The predicted molar refractivity (Wildman–Crippen MR) is 70.6 cm³/mol. The fraction of sp³-hybridized carbons (Fsp3) is 0.500. The Morgan fingerprint density at radius 3 is 2.74 bits per heavy atom. The molecule has 0 aromatic heterocycles. The summed E-state index contributed by atoms with van der Waals surface area (Å²) in [4.78, 5) is 15.9. The summed E-state index contributed by atoms with van der Waals surface area (Å²) < 4.78 is 18.8. The van der Waals surface area contributed by atoms with Crippen molar-refractivity contribution in [1.29, 1.82) is 0 Å². The van der Waals surface area contributed by atoms with Crippen molar-refractivity contribution in [3.8, 4) is 0 Å². The number of morpholine rings is 1. The predicted octanol–water partition coefficient (Wildman–Crippen LogP) is 1.23. The highest BCUT2D eigenvalue weighted by molar-refractivity contribution is 5.94. The molecule has 0 N–H and O–H groups in total. The quantitative estimate of drug-likeness (QED) is 0.821. The molecule has 1 aromatic rings. The van der Waals surface area contributed by atoms with Crippen LogP contribution in [0, 0.1) is 5.82 Å². The SMILES string of the molecule is CN(CCN1CCOCC1)C(=O)c1ccccc1F. The number of halogens is 1. The number of amides is 1. The van der Waals surface area contributed by atoms with E-state index in [-0.39, 0.29) is 11.5 Å². The number of hydrogen-bond acceptors (Lipinski definition) is 3. The van der Waals surface area contributed by atoms with Gasteiger partial charge in [0.05, 0.1) is 18.8 Å². The minimum atomic E-state index is -0.467. The Hall–Kier alpha value is -1.46. The minimum Gasteiger partial charge on any atom is -0.379 e. The van der Waals surface area contributed by atoms with E-state index in [0.29, 0.717) is 6.54 Å². The van der Waals surface area contributed by atoms with Crippen molar-refractivity contribution in [2.24, 2.45) is 0 Å². The molecule has 1 amide bonds. The van der Waals surface area contributed by atoms with Crippen LogP contribution in [-0.4, -0.2) is 62.1 Å². The number of ether oxygens (including phenoxy) is 1. The molecule has 0 bridgehead atoms.